The summed E-state index contributed by atoms with van der Waals surface area (Å²) in [5.74, 6) is 0.655. The SMILES string of the molecule is CC(C)Cn1cc(CCC2(N)CC2)cn1. The van der Waals surface area contributed by atoms with Crippen LogP contribution in [-0.4, -0.2) is 15.3 Å². The fraction of sp³-hybridized carbons (Fsp3) is 0.750. The van der Waals surface area contributed by atoms with Crippen LogP contribution in [0.3, 0.4) is 0 Å². The second-order valence-corrected chi connectivity index (χ2v) is 5.33. The average Bonchev–Trinajstić information content (AvgIpc) is 2.73. The molecule has 1 heterocycles. The number of nitrogens with two attached hydrogens (primary N) is 1. The van der Waals surface area contributed by atoms with Crippen LogP contribution in [0.5, 0.6) is 0 Å². The molecule has 1 aliphatic carbocycles. The molecule has 0 spiro atoms. The molecule has 0 bridgehead atoms. The van der Waals surface area contributed by atoms with Gasteiger partial charge in [-0.15, -0.1) is 0 Å². The van der Waals surface area contributed by atoms with Gasteiger partial charge in [0.05, 0.1) is 6.20 Å². The summed E-state index contributed by atoms with van der Waals surface area (Å²) in [6, 6.07) is 0. The number of aryl methyl sites for hydroxylation is 1. The zero-order valence-electron chi connectivity index (χ0n) is 9.74. The monoisotopic (exact) mass is 207 g/mol. The summed E-state index contributed by atoms with van der Waals surface area (Å²) in [4.78, 5) is 0. The van der Waals surface area contributed by atoms with E-state index in [0.29, 0.717) is 5.92 Å². The first-order valence-electron chi connectivity index (χ1n) is 5.88. The number of hydrogen-bond donors (Lipinski definition) is 1. The molecule has 1 aliphatic rings. The van der Waals surface area contributed by atoms with Gasteiger partial charge >= 0.3 is 0 Å². The molecule has 1 aromatic rings. The number of rotatable bonds is 5. The molecule has 0 radical (unpaired) electrons. The standard InChI is InChI=1S/C12H21N3/c1-10(2)8-15-9-11(7-14-15)3-4-12(13)5-6-12/h7,9-10H,3-6,8,13H2,1-2H3. The Morgan fingerprint density at radius 3 is 2.87 bits per heavy atom. The Hall–Kier alpha value is -0.830. The highest BCUT2D eigenvalue weighted by atomic mass is 15.3. The minimum Gasteiger partial charge on any atom is -0.325 e. The molecule has 0 atom stereocenters. The summed E-state index contributed by atoms with van der Waals surface area (Å²) in [7, 11) is 0. The topological polar surface area (TPSA) is 43.8 Å². The van der Waals surface area contributed by atoms with E-state index in [1.54, 1.807) is 0 Å². The van der Waals surface area contributed by atoms with E-state index >= 15 is 0 Å². The molecule has 0 unspecified atom stereocenters. The first-order valence-corrected chi connectivity index (χ1v) is 5.88. The third-order valence-electron chi connectivity index (χ3n) is 3.04. The van der Waals surface area contributed by atoms with E-state index in [0.717, 1.165) is 19.4 Å². The summed E-state index contributed by atoms with van der Waals surface area (Å²) in [5.41, 5.74) is 7.55. The normalized spacial score (nSPS) is 18.4. The summed E-state index contributed by atoms with van der Waals surface area (Å²) in [6.07, 6.45) is 8.73. The summed E-state index contributed by atoms with van der Waals surface area (Å²) >= 11 is 0. The lowest BCUT2D eigenvalue weighted by atomic mass is 10.1. The van der Waals surface area contributed by atoms with Gasteiger partial charge in [0.15, 0.2) is 0 Å². The fourth-order valence-corrected chi connectivity index (χ4v) is 1.81. The van der Waals surface area contributed by atoms with Crippen molar-refractivity contribution < 1.29 is 0 Å². The predicted molar refractivity (Wildman–Crippen MR) is 61.5 cm³/mol. The molecule has 15 heavy (non-hydrogen) atoms. The van der Waals surface area contributed by atoms with Crippen molar-refractivity contribution in [3.8, 4) is 0 Å². The Balaban J connectivity index is 1.84. The van der Waals surface area contributed by atoms with Crippen LogP contribution in [0, 0.1) is 5.92 Å². The largest absolute Gasteiger partial charge is 0.325 e. The lowest BCUT2D eigenvalue weighted by Crippen LogP contribution is -2.21. The van der Waals surface area contributed by atoms with Crippen molar-refractivity contribution in [1.29, 1.82) is 0 Å². The highest BCUT2D eigenvalue weighted by Crippen LogP contribution is 2.36. The van der Waals surface area contributed by atoms with Gasteiger partial charge in [-0.2, -0.15) is 5.10 Å². The van der Waals surface area contributed by atoms with E-state index in [1.807, 2.05) is 10.9 Å². The highest BCUT2D eigenvalue weighted by molar-refractivity contribution is 5.08. The Morgan fingerprint density at radius 2 is 2.27 bits per heavy atom. The first kappa shape index (κ1) is 10.7. The highest BCUT2D eigenvalue weighted by Gasteiger charge is 2.37. The number of aromatic nitrogens is 2. The van der Waals surface area contributed by atoms with E-state index in [9.17, 15) is 0 Å². The van der Waals surface area contributed by atoms with Crippen molar-refractivity contribution in [3.05, 3.63) is 18.0 Å². The van der Waals surface area contributed by atoms with Crippen LogP contribution in [-0.2, 0) is 13.0 Å². The van der Waals surface area contributed by atoms with E-state index in [4.69, 9.17) is 5.73 Å². The molecular formula is C12H21N3. The predicted octanol–water partition coefficient (Wildman–Crippen LogP) is 1.96. The van der Waals surface area contributed by atoms with Crippen LogP contribution in [0.1, 0.15) is 38.7 Å². The van der Waals surface area contributed by atoms with Crippen LogP contribution >= 0.6 is 0 Å². The Bertz CT molecular complexity index is 323. The van der Waals surface area contributed by atoms with Gasteiger partial charge in [0.2, 0.25) is 0 Å². The van der Waals surface area contributed by atoms with Gasteiger partial charge in [-0.25, -0.2) is 0 Å². The molecule has 2 rings (SSSR count). The third kappa shape index (κ3) is 3.06. The minimum atomic E-state index is 0.167. The van der Waals surface area contributed by atoms with Crippen LogP contribution in [0.2, 0.25) is 0 Å². The smallest absolute Gasteiger partial charge is 0.0521 e. The van der Waals surface area contributed by atoms with E-state index < -0.39 is 0 Å². The Morgan fingerprint density at radius 1 is 1.53 bits per heavy atom. The quantitative estimate of drug-likeness (QED) is 0.802. The van der Waals surface area contributed by atoms with Crippen molar-refractivity contribution >= 4 is 0 Å². The maximum atomic E-state index is 6.05. The fourth-order valence-electron chi connectivity index (χ4n) is 1.81. The van der Waals surface area contributed by atoms with Gasteiger partial charge in [0, 0.05) is 18.3 Å². The molecule has 2 N–H and O–H groups in total. The van der Waals surface area contributed by atoms with Gasteiger partial charge in [-0.3, -0.25) is 4.68 Å². The zero-order chi connectivity index (χ0) is 10.9. The van der Waals surface area contributed by atoms with Crippen molar-refractivity contribution in [2.75, 3.05) is 0 Å². The van der Waals surface area contributed by atoms with Crippen molar-refractivity contribution in [2.45, 2.75) is 51.6 Å². The molecule has 0 saturated heterocycles. The van der Waals surface area contributed by atoms with E-state index in [2.05, 4.69) is 25.1 Å². The van der Waals surface area contributed by atoms with Crippen molar-refractivity contribution in [2.24, 2.45) is 11.7 Å². The summed E-state index contributed by atoms with van der Waals surface area (Å²) in [6.45, 7) is 5.43. The van der Waals surface area contributed by atoms with Gasteiger partial charge in [-0.1, -0.05) is 13.8 Å². The first-order chi connectivity index (χ1) is 7.07. The second-order valence-electron chi connectivity index (χ2n) is 5.33. The molecule has 0 aliphatic heterocycles. The number of hydrogen-bond acceptors (Lipinski definition) is 2. The van der Waals surface area contributed by atoms with Gasteiger partial charge < -0.3 is 5.73 Å². The average molecular weight is 207 g/mol. The second kappa shape index (κ2) is 3.97. The zero-order valence-corrected chi connectivity index (χ0v) is 9.74. The lowest BCUT2D eigenvalue weighted by molar-refractivity contribution is 0.482. The van der Waals surface area contributed by atoms with Crippen LogP contribution in [0.15, 0.2) is 12.4 Å². The molecule has 3 nitrogen and oxygen atoms in total. The summed E-state index contributed by atoms with van der Waals surface area (Å²) < 4.78 is 2.04. The maximum absolute atomic E-state index is 6.05. The van der Waals surface area contributed by atoms with Crippen LogP contribution in [0.4, 0.5) is 0 Å². The molecular weight excluding hydrogens is 186 g/mol. The maximum Gasteiger partial charge on any atom is 0.0521 e. The van der Waals surface area contributed by atoms with Crippen molar-refractivity contribution in [1.82, 2.24) is 9.78 Å². The summed E-state index contributed by atoms with van der Waals surface area (Å²) in [5, 5.41) is 4.35. The third-order valence-corrected chi connectivity index (χ3v) is 3.04. The molecule has 1 aromatic heterocycles. The van der Waals surface area contributed by atoms with Crippen LogP contribution in [0.25, 0.3) is 0 Å². The molecule has 1 fully saturated rings. The Labute approximate surface area is 91.7 Å². The molecule has 0 amide bonds. The van der Waals surface area contributed by atoms with E-state index in [1.165, 1.54) is 18.4 Å². The number of nitrogens with zero attached hydrogens (tertiary/aromatic N) is 2. The molecule has 84 valence electrons. The van der Waals surface area contributed by atoms with Crippen LogP contribution < -0.4 is 5.73 Å². The van der Waals surface area contributed by atoms with Gasteiger partial charge in [-0.05, 0) is 37.2 Å². The Kier molecular flexibility index (Phi) is 2.83. The molecule has 1 saturated carbocycles. The lowest BCUT2D eigenvalue weighted by Gasteiger charge is -2.06. The molecule has 3 heteroatoms. The molecule has 0 aromatic carbocycles. The van der Waals surface area contributed by atoms with E-state index in [-0.39, 0.29) is 5.54 Å². The minimum absolute atomic E-state index is 0.167. The van der Waals surface area contributed by atoms with Crippen molar-refractivity contribution in [3.63, 3.8) is 0 Å². The van der Waals surface area contributed by atoms with Gasteiger partial charge in [0.25, 0.3) is 0 Å². The van der Waals surface area contributed by atoms with Gasteiger partial charge in [0.1, 0.15) is 0 Å².